The molecular weight excluding hydrogens is 298 g/mol. The van der Waals surface area contributed by atoms with Crippen molar-refractivity contribution in [2.75, 3.05) is 13.6 Å². The van der Waals surface area contributed by atoms with E-state index in [1.807, 2.05) is 11.9 Å². The predicted molar refractivity (Wildman–Crippen MR) is 97.5 cm³/mol. The second-order valence-corrected chi connectivity index (χ2v) is 7.76. The van der Waals surface area contributed by atoms with Gasteiger partial charge in [-0.2, -0.15) is 0 Å². The molecule has 2 atom stereocenters. The summed E-state index contributed by atoms with van der Waals surface area (Å²) in [7, 11) is 1.96. The number of nitrogens with zero attached hydrogens (tertiary/aromatic N) is 2. The zero-order valence-corrected chi connectivity index (χ0v) is 15.1. The predicted octanol–water partition coefficient (Wildman–Crippen LogP) is 2.77. The molecule has 2 N–H and O–H groups in total. The molecule has 1 aromatic carbocycles. The maximum absolute atomic E-state index is 12.8. The van der Waals surface area contributed by atoms with Crippen molar-refractivity contribution in [1.82, 2.24) is 9.80 Å². The van der Waals surface area contributed by atoms with E-state index in [1.54, 1.807) is 0 Å². The molecule has 0 aromatic heterocycles. The van der Waals surface area contributed by atoms with Gasteiger partial charge in [0, 0.05) is 32.2 Å². The van der Waals surface area contributed by atoms with Crippen molar-refractivity contribution in [3.05, 3.63) is 35.9 Å². The summed E-state index contributed by atoms with van der Waals surface area (Å²) in [5, 5.41) is 0. The summed E-state index contributed by atoms with van der Waals surface area (Å²) in [6.07, 6.45) is 5.93. The molecule has 24 heavy (non-hydrogen) atoms. The lowest BCUT2D eigenvalue weighted by atomic mass is 9.92. The smallest absolute Gasteiger partial charge is 0.242 e. The number of nitrogens with two attached hydrogens (primary N) is 1. The van der Waals surface area contributed by atoms with E-state index in [9.17, 15) is 4.79 Å². The first-order valence-corrected chi connectivity index (χ1v) is 9.34. The topological polar surface area (TPSA) is 49.6 Å². The van der Waals surface area contributed by atoms with Crippen molar-refractivity contribution in [3.8, 4) is 0 Å². The third-order valence-electron chi connectivity index (χ3n) is 6.00. The van der Waals surface area contributed by atoms with Gasteiger partial charge in [0.1, 0.15) is 0 Å². The molecule has 1 saturated carbocycles. The number of carbonyl (C=O) groups is 1. The molecule has 1 saturated heterocycles. The Labute approximate surface area is 146 Å². The van der Waals surface area contributed by atoms with E-state index >= 15 is 0 Å². The van der Waals surface area contributed by atoms with Gasteiger partial charge in [-0.3, -0.25) is 9.69 Å². The first kappa shape index (κ1) is 17.4. The van der Waals surface area contributed by atoms with Crippen LogP contribution in [0.25, 0.3) is 0 Å². The zero-order valence-electron chi connectivity index (χ0n) is 15.1. The summed E-state index contributed by atoms with van der Waals surface area (Å²) < 4.78 is 0. The summed E-state index contributed by atoms with van der Waals surface area (Å²) in [6.45, 7) is 4.31. The molecule has 1 aromatic rings. The minimum Gasteiger partial charge on any atom is -0.341 e. The van der Waals surface area contributed by atoms with Gasteiger partial charge in [0.15, 0.2) is 0 Å². The van der Waals surface area contributed by atoms with Crippen LogP contribution in [-0.2, 0) is 11.3 Å². The lowest BCUT2D eigenvalue weighted by Gasteiger charge is -2.43. The highest BCUT2D eigenvalue weighted by atomic mass is 16.2. The minimum atomic E-state index is -0.598. The zero-order chi connectivity index (χ0) is 17.2. The van der Waals surface area contributed by atoms with Crippen LogP contribution in [-0.4, -0.2) is 46.9 Å². The van der Waals surface area contributed by atoms with Crippen LogP contribution >= 0.6 is 0 Å². The quantitative estimate of drug-likeness (QED) is 0.924. The molecule has 2 fully saturated rings. The first-order chi connectivity index (χ1) is 11.5. The van der Waals surface area contributed by atoms with Gasteiger partial charge in [0.2, 0.25) is 5.91 Å². The molecule has 1 aliphatic heterocycles. The third kappa shape index (κ3) is 3.65. The van der Waals surface area contributed by atoms with Crippen LogP contribution in [0.15, 0.2) is 30.3 Å². The molecule has 0 bridgehead atoms. The van der Waals surface area contributed by atoms with Gasteiger partial charge in [0.05, 0.1) is 5.54 Å². The van der Waals surface area contributed by atoms with Crippen molar-refractivity contribution in [3.63, 3.8) is 0 Å². The number of likely N-dealkylation sites (N-methyl/N-ethyl adjacent to an activating group) is 1. The molecule has 1 aliphatic carbocycles. The summed E-state index contributed by atoms with van der Waals surface area (Å²) in [4.78, 5) is 17.3. The van der Waals surface area contributed by atoms with Crippen molar-refractivity contribution >= 4 is 5.91 Å². The molecular formula is C20H31N3O. The molecule has 4 nitrogen and oxygen atoms in total. The SMILES string of the molecule is CC1CC(N(C)C(=O)C2(N)CCCC2)CCN1Cc1ccccc1. The fourth-order valence-corrected chi connectivity index (χ4v) is 4.34. The van der Waals surface area contributed by atoms with Crippen LogP contribution in [0, 0.1) is 0 Å². The standard InChI is InChI=1S/C20H31N3O/c1-16-14-18(22(2)19(24)20(21)11-6-7-12-20)10-13-23(16)15-17-8-4-3-5-9-17/h3-5,8-9,16,18H,6-7,10-15,21H2,1-2H3. The Kier molecular flexibility index (Phi) is 5.26. The van der Waals surface area contributed by atoms with Crippen LogP contribution < -0.4 is 5.73 Å². The number of amides is 1. The Morgan fingerprint density at radius 1 is 1.29 bits per heavy atom. The number of benzene rings is 1. The maximum Gasteiger partial charge on any atom is 0.242 e. The van der Waals surface area contributed by atoms with Gasteiger partial charge in [-0.05, 0) is 38.2 Å². The first-order valence-electron chi connectivity index (χ1n) is 9.34. The Morgan fingerprint density at radius 2 is 1.96 bits per heavy atom. The summed E-state index contributed by atoms with van der Waals surface area (Å²) >= 11 is 0. The lowest BCUT2D eigenvalue weighted by Crippen LogP contribution is -2.57. The van der Waals surface area contributed by atoms with Crippen LogP contribution in [0.2, 0.25) is 0 Å². The van der Waals surface area contributed by atoms with Gasteiger partial charge in [0.25, 0.3) is 0 Å². The molecule has 132 valence electrons. The molecule has 1 amide bonds. The highest BCUT2D eigenvalue weighted by molar-refractivity contribution is 5.86. The Bertz CT molecular complexity index is 553. The van der Waals surface area contributed by atoms with E-state index in [0.29, 0.717) is 12.1 Å². The fraction of sp³-hybridized carbons (Fsp3) is 0.650. The number of hydrogen-bond donors (Lipinski definition) is 1. The van der Waals surface area contributed by atoms with Crippen LogP contribution in [0.3, 0.4) is 0 Å². The van der Waals surface area contributed by atoms with Gasteiger partial charge in [-0.1, -0.05) is 43.2 Å². The average molecular weight is 329 g/mol. The highest BCUT2D eigenvalue weighted by Gasteiger charge is 2.41. The Morgan fingerprint density at radius 3 is 2.58 bits per heavy atom. The van der Waals surface area contributed by atoms with Crippen molar-refractivity contribution in [2.24, 2.45) is 5.73 Å². The molecule has 0 radical (unpaired) electrons. The highest BCUT2D eigenvalue weighted by Crippen LogP contribution is 2.31. The van der Waals surface area contributed by atoms with Gasteiger partial charge in [-0.15, -0.1) is 0 Å². The monoisotopic (exact) mass is 329 g/mol. The number of rotatable bonds is 4. The van der Waals surface area contributed by atoms with Crippen LogP contribution in [0.5, 0.6) is 0 Å². The van der Waals surface area contributed by atoms with E-state index in [0.717, 1.165) is 51.6 Å². The summed E-state index contributed by atoms with van der Waals surface area (Å²) in [6, 6.07) is 11.4. The maximum atomic E-state index is 12.8. The Hall–Kier alpha value is -1.39. The second-order valence-electron chi connectivity index (χ2n) is 7.76. The van der Waals surface area contributed by atoms with Gasteiger partial charge >= 0.3 is 0 Å². The van der Waals surface area contributed by atoms with Gasteiger partial charge < -0.3 is 10.6 Å². The molecule has 2 unspecified atom stereocenters. The minimum absolute atomic E-state index is 0.161. The molecule has 0 spiro atoms. The fourth-order valence-electron chi connectivity index (χ4n) is 4.34. The number of piperidine rings is 1. The van der Waals surface area contributed by atoms with Crippen molar-refractivity contribution in [2.45, 2.75) is 69.6 Å². The Balaban J connectivity index is 1.57. The van der Waals surface area contributed by atoms with E-state index in [4.69, 9.17) is 5.73 Å². The summed E-state index contributed by atoms with van der Waals surface area (Å²) in [5.41, 5.74) is 7.13. The number of likely N-dealkylation sites (tertiary alicyclic amines) is 1. The molecule has 1 heterocycles. The molecule has 3 rings (SSSR count). The second kappa shape index (κ2) is 7.24. The van der Waals surface area contributed by atoms with Crippen LogP contribution in [0.4, 0.5) is 0 Å². The normalized spacial score (nSPS) is 27.1. The van der Waals surface area contributed by atoms with Gasteiger partial charge in [-0.25, -0.2) is 0 Å². The van der Waals surface area contributed by atoms with E-state index in [1.165, 1.54) is 5.56 Å². The average Bonchev–Trinajstić information content (AvgIpc) is 3.04. The largest absolute Gasteiger partial charge is 0.341 e. The number of carbonyl (C=O) groups excluding carboxylic acids is 1. The lowest BCUT2D eigenvalue weighted by molar-refractivity contribution is -0.139. The molecule has 2 aliphatic rings. The van der Waals surface area contributed by atoms with E-state index in [-0.39, 0.29) is 5.91 Å². The number of hydrogen-bond acceptors (Lipinski definition) is 3. The van der Waals surface area contributed by atoms with E-state index < -0.39 is 5.54 Å². The van der Waals surface area contributed by atoms with E-state index in [2.05, 4.69) is 42.2 Å². The third-order valence-corrected chi connectivity index (χ3v) is 6.00. The van der Waals surface area contributed by atoms with Crippen molar-refractivity contribution < 1.29 is 4.79 Å². The summed E-state index contributed by atoms with van der Waals surface area (Å²) in [5.74, 6) is 0.161. The van der Waals surface area contributed by atoms with Crippen LogP contribution in [0.1, 0.15) is 51.0 Å². The molecule has 4 heteroatoms. The van der Waals surface area contributed by atoms with Crippen molar-refractivity contribution in [1.29, 1.82) is 0 Å².